The molecule has 1 aromatic heterocycles. The number of halogens is 3. The highest BCUT2D eigenvalue weighted by Crippen LogP contribution is 2.35. The molecule has 3 aromatic rings. The normalized spacial score (nSPS) is 13.7. The zero-order valence-electron chi connectivity index (χ0n) is 13.8. The topological polar surface area (TPSA) is 39.4 Å². The lowest BCUT2D eigenvalue weighted by Gasteiger charge is -2.17. The predicted octanol–water partition coefficient (Wildman–Crippen LogP) is 6.21. The van der Waals surface area contributed by atoms with Gasteiger partial charge in [0, 0.05) is 32.6 Å². The fourth-order valence-electron chi connectivity index (χ4n) is 3.35. The summed E-state index contributed by atoms with van der Waals surface area (Å²) in [7, 11) is 0. The molecular weight excluding hydrogens is 395 g/mol. The van der Waals surface area contributed by atoms with E-state index in [9.17, 15) is 4.79 Å². The van der Waals surface area contributed by atoms with E-state index in [1.807, 2.05) is 6.07 Å². The van der Waals surface area contributed by atoms with Gasteiger partial charge in [-0.2, -0.15) is 0 Å². The van der Waals surface area contributed by atoms with Crippen LogP contribution in [0.3, 0.4) is 0 Å². The Morgan fingerprint density at radius 3 is 2.50 bits per heavy atom. The second-order valence-electron chi connectivity index (χ2n) is 6.36. The minimum absolute atomic E-state index is 0.233. The summed E-state index contributed by atoms with van der Waals surface area (Å²) in [4.78, 5) is 12.3. The Hall–Kier alpha value is -1.68. The molecule has 0 N–H and O–H groups in total. The van der Waals surface area contributed by atoms with E-state index in [-0.39, 0.29) is 12.2 Å². The minimum atomic E-state index is -0.263. The fourth-order valence-corrected chi connectivity index (χ4v) is 4.03. The Kier molecular flexibility index (Phi) is 4.87. The lowest BCUT2D eigenvalue weighted by atomic mass is 9.91. The molecule has 0 atom stereocenters. The largest absolute Gasteiger partial charge is 0.487 e. The quantitative estimate of drug-likeness (QED) is 0.483. The molecule has 0 amide bonds. The van der Waals surface area contributed by atoms with E-state index in [0.29, 0.717) is 26.4 Å². The molecule has 4 rings (SSSR count). The summed E-state index contributed by atoms with van der Waals surface area (Å²) in [6, 6.07) is 8.71. The Bertz CT molecular complexity index is 1060. The number of hydrogen-bond acceptors (Lipinski definition) is 3. The highest BCUT2D eigenvalue weighted by Gasteiger charge is 2.19. The smallest absolute Gasteiger partial charge is 0.339 e. The van der Waals surface area contributed by atoms with Gasteiger partial charge in [0.2, 0.25) is 0 Å². The minimum Gasteiger partial charge on any atom is -0.487 e. The van der Waals surface area contributed by atoms with E-state index in [0.717, 1.165) is 47.8 Å². The summed E-state index contributed by atoms with van der Waals surface area (Å²) in [5.74, 6) is 0.448. The number of aryl methyl sites for hydroxylation is 1. The van der Waals surface area contributed by atoms with Gasteiger partial charge in [-0.15, -0.1) is 0 Å². The Morgan fingerprint density at radius 2 is 1.73 bits per heavy atom. The molecule has 1 heterocycles. The van der Waals surface area contributed by atoms with Crippen LogP contribution in [-0.2, 0) is 19.4 Å². The third-order valence-corrected chi connectivity index (χ3v) is 5.56. The van der Waals surface area contributed by atoms with E-state index < -0.39 is 0 Å². The molecule has 0 radical (unpaired) electrons. The standard InChI is InChI=1S/C20H15Cl3O3/c21-12-6-5-11(16(22)7-12)10-25-19-9-18-15(8-17(19)23)13-3-1-2-4-14(13)20(24)26-18/h5-9H,1-4,10H2. The van der Waals surface area contributed by atoms with E-state index in [1.54, 1.807) is 24.3 Å². The van der Waals surface area contributed by atoms with Crippen molar-refractivity contribution < 1.29 is 9.15 Å². The second-order valence-corrected chi connectivity index (χ2v) is 7.61. The summed E-state index contributed by atoms with van der Waals surface area (Å²) in [6.07, 6.45) is 3.71. The van der Waals surface area contributed by atoms with Crippen molar-refractivity contribution >= 4 is 45.8 Å². The molecule has 0 aliphatic heterocycles. The van der Waals surface area contributed by atoms with E-state index in [2.05, 4.69) is 0 Å². The van der Waals surface area contributed by atoms with Crippen LogP contribution in [0.25, 0.3) is 11.0 Å². The average molecular weight is 410 g/mol. The SMILES string of the molecule is O=c1oc2cc(OCc3ccc(Cl)cc3Cl)c(Cl)cc2c2c1CCCC2. The Morgan fingerprint density at radius 1 is 0.962 bits per heavy atom. The average Bonchev–Trinajstić information content (AvgIpc) is 2.62. The van der Waals surface area contributed by atoms with Gasteiger partial charge in [-0.3, -0.25) is 0 Å². The predicted molar refractivity (Wildman–Crippen MR) is 105 cm³/mol. The molecule has 0 saturated heterocycles. The van der Waals surface area contributed by atoms with Gasteiger partial charge in [-0.1, -0.05) is 40.9 Å². The van der Waals surface area contributed by atoms with Gasteiger partial charge < -0.3 is 9.15 Å². The van der Waals surface area contributed by atoms with Gasteiger partial charge in [-0.05, 0) is 49.4 Å². The van der Waals surface area contributed by atoms with Crippen molar-refractivity contribution in [2.24, 2.45) is 0 Å². The van der Waals surface area contributed by atoms with E-state index in [4.69, 9.17) is 44.0 Å². The molecule has 0 spiro atoms. The first-order valence-electron chi connectivity index (χ1n) is 8.38. The van der Waals surface area contributed by atoms with Gasteiger partial charge >= 0.3 is 5.63 Å². The summed E-state index contributed by atoms with van der Waals surface area (Å²) in [5, 5.41) is 2.45. The van der Waals surface area contributed by atoms with Gasteiger partial charge in [-0.25, -0.2) is 4.79 Å². The summed E-state index contributed by atoms with van der Waals surface area (Å²) < 4.78 is 11.3. The van der Waals surface area contributed by atoms with Crippen LogP contribution in [-0.4, -0.2) is 0 Å². The Balaban J connectivity index is 1.70. The van der Waals surface area contributed by atoms with E-state index in [1.165, 1.54) is 0 Å². The van der Waals surface area contributed by atoms with Crippen molar-refractivity contribution in [3.8, 4) is 5.75 Å². The van der Waals surface area contributed by atoms with Crippen molar-refractivity contribution in [3.63, 3.8) is 0 Å². The molecule has 0 unspecified atom stereocenters. The van der Waals surface area contributed by atoms with Crippen LogP contribution < -0.4 is 10.4 Å². The van der Waals surface area contributed by atoms with Crippen LogP contribution in [0.2, 0.25) is 15.1 Å². The molecule has 3 nitrogen and oxygen atoms in total. The van der Waals surface area contributed by atoms with Gasteiger partial charge in [0.15, 0.2) is 0 Å². The first-order valence-corrected chi connectivity index (χ1v) is 9.51. The van der Waals surface area contributed by atoms with Crippen LogP contribution in [0.5, 0.6) is 5.75 Å². The first-order chi connectivity index (χ1) is 12.5. The molecule has 0 saturated carbocycles. The number of benzene rings is 2. The third-order valence-electron chi connectivity index (χ3n) is 4.67. The molecule has 134 valence electrons. The Labute approximate surface area is 165 Å². The van der Waals surface area contributed by atoms with Crippen LogP contribution in [0.15, 0.2) is 39.5 Å². The highest BCUT2D eigenvalue weighted by atomic mass is 35.5. The van der Waals surface area contributed by atoms with Crippen LogP contribution in [0.1, 0.15) is 29.5 Å². The van der Waals surface area contributed by atoms with Crippen molar-refractivity contribution in [3.05, 3.63) is 72.5 Å². The molecule has 0 bridgehead atoms. The van der Waals surface area contributed by atoms with Crippen molar-refractivity contribution in [2.75, 3.05) is 0 Å². The lowest BCUT2D eigenvalue weighted by molar-refractivity contribution is 0.306. The van der Waals surface area contributed by atoms with Crippen LogP contribution in [0, 0.1) is 0 Å². The third kappa shape index (κ3) is 3.32. The zero-order chi connectivity index (χ0) is 18.3. The van der Waals surface area contributed by atoms with Crippen molar-refractivity contribution in [1.82, 2.24) is 0 Å². The molecule has 1 aliphatic rings. The molecule has 0 fully saturated rings. The number of fused-ring (bicyclic) bond motifs is 3. The number of ether oxygens (including phenoxy) is 1. The lowest BCUT2D eigenvalue weighted by Crippen LogP contribution is -2.15. The summed E-state index contributed by atoms with van der Waals surface area (Å²) in [5.41, 5.74) is 2.86. The first kappa shape index (κ1) is 17.7. The molecule has 26 heavy (non-hydrogen) atoms. The maximum atomic E-state index is 12.3. The van der Waals surface area contributed by atoms with Crippen molar-refractivity contribution in [1.29, 1.82) is 0 Å². The molecule has 1 aliphatic carbocycles. The molecule has 2 aromatic carbocycles. The van der Waals surface area contributed by atoms with Gasteiger partial charge in [0.1, 0.15) is 17.9 Å². The van der Waals surface area contributed by atoms with Crippen molar-refractivity contribution in [2.45, 2.75) is 32.3 Å². The summed E-state index contributed by atoms with van der Waals surface area (Å²) >= 11 is 18.5. The summed E-state index contributed by atoms with van der Waals surface area (Å²) in [6.45, 7) is 0.233. The number of hydrogen-bond donors (Lipinski definition) is 0. The second kappa shape index (κ2) is 7.15. The maximum absolute atomic E-state index is 12.3. The van der Waals surface area contributed by atoms with E-state index >= 15 is 0 Å². The molecular formula is C20H15Cl3O3. The highest BCUT2D eigenvalue weighted by molar-refractivity contribution is 6.35. The monoisotopic (exact) mass is 408 g/mol. The van der Waals surface area contributed by atoms with Crippen LogP contribution >= 0.6 is 34.8 Å². The zero-order valence-corrected chi connectivity index (χ0v) is 16.0. The van der Waals surface area contributed by atoms with Gasteiger partial charge in [0.25, 0.3) is 0 Å². The number of rotatable bonds is 3. The van der Waals surface area contributed by atoms with Crippen LogP contribution in [0.4, 0.5) is 0 Å². The fraction of sp³-hybridized carbons (Fsp3) is 0.250. The van der Waals surface area contributed by atoms with Gasteiger partial charge in [0.05, 0.1) is 5.02 Å². The molecule has 6 heteroatoms. The maximum Gasteiger partial charge on any atom is 0.339 e.